The second-order valence-electron chi connectivity index (χ2n) is 4.95. The van der Waals surface area contributed by atoms with Crippen molar-refractivity contribution < 1.29 is 17.6 Å². The van der Waals surface area contributed by atoms with Crippen LogP contribution in [0.2, 0.25) is 0 Å². The molecule has 0 spiro atoms. The SMILES string of the molecule is CCC(NCc1ccc(F)c(C(F)(F)F)c1)C(C)C. The molecule has 1 unspecified atom stereocenters. The molecule has 0 fully saturated rings. The van der Waals surface area contributed by atoms with Gasteiger partial charge in [0.05, 0.1) is 5.56 Å². The van der Waals surface area contributed by atoms with Gasteiger partial charge >= 0.3 is 6.18 Å². The van der Waals surface area contributed by atoms with Gasteiger partial charge in [-0.1, -0.05) is 26.8 Å². The van der Waals surface area contributed by atoms with Crippen LogP contribution in [0.15, 0.2) is 18.2 Å². The van der Waals surface area contributed by atoms with Crippen LogP contribution >= 0.6 is 0 Å². The lowest BCUT2D eigenvalue weighted by Crippen LogP contribution is -2.32. The summed E-state index contributed by atoms with van der Waals surface area (Å²) in [7, 11) is 0. The molecule has 0 aliphatic carbocycles. The normalized spacial score (nSPS) is 13.9. The van der Waals surface area contributed by atoms with Crippen LogP contribution < -0.4 is 5.32 Å². The lowest BCUT2D eigenvalue weighted by atomic mass is 10.0. The third-order valence-corrected chi connectivity index (χ3v) is 3.15. The van der Waals surface area contributed by atoms with Gasteiger partial charge in [0.25, 0.3) is 0 Å². The number of rotatable bonds is 5. The topological polar surface area (TPSA) is 12.0 Å². The monoisotopic (exact) mass is 277 g/mol. The van der Waals surface area contributed by atoms with Crippen LogP contribution in [0, 0.1) is 11.7 Å². The van der Waals surface area contributed by atoms with E-state index in [9.17, 15) is 17.6 Å². The highest BCUT2D eigenvalue weighted by Crippen LogP contribution is 2.31. The van der Waals surface area contributed by atoms with Crippen molar-refractivity contribution in [1.29, 1.82) is 0 Å². The predicted octanol–water partition coefficient (Wildman–Crippen LogP) is 4.37. The molecule has 1 rings (SSSR count). The maximum absolute atomic E-state index is 13.1. The van der Waals surface area contributed by atoms with Gasteiger partial charge in [-0.05, 0) is 30.0 Å². The fraction of sp³-hybridized carbons (Fsp3) is 0.571. The lowest BCUT2D eigenvalue weighted by molar-refractivity contribution is -0.140. The van der Waals surface area contributed by atoms with E-state index in [4.69, 9.17) is 0 Å². The van der Waals surface area contributed by atoms with E-state index in [1.807, 2.05) is 20.8 Å². The standard InChI is InChI=1S/C14H19F4N/c1-4-13(9(2)3)19-8-10-5-6-12(15)11(7-10)14(16,17)18/h5-7,9,13,19H,4,8H2,1-3H3. The van der Waals surface area contributed by atoms with Gasteiger partial charge in [0.1, 0.15) is 5.82 Å². The Labute approximate surface area is 111 Å². The number of halogens is 4. The highest BCUT2D eigenvalue weighted by atomic mass is 19.4. The van der Waals surface area contributed by atoms with Gasteiger partial charge in [-0.15, -0.1) is 0 Å². The molecule has 1 nitrogen and oxygen atoms in total. The quantitative estimate of drug-likeness (QED) is 0.788. The first-order valence-corrected chi connectivity index (χ1v) is 6.34. The second-order valence-corrected chi connectivity index (χ2v) is 4.95. The van der Waals surface area contributed by atoms with Crippen LogP contribution in [0.1, 0.15) is 38.3 Å². The number of hydrogen-bond acceptors (Lipinski definition) is 1. The number of nitrogens with one attached hydrogen (secondary N) is 1. The van der Waals surface area contributed by atoms with E-state index in [1.165, 1.54) is 6.07 Å². The molecular weight excluding hydrogens is 258 g/mol. The summed E-state index contributed by atoms with van der Waals surface area (Å²) in [5.41, 5.74) is -0.766. The first kappa shape index (κ1) is 16.0. The zero-order valence-electron chi connectivity index (χ0n) is 11.3. The van der Waals surface area contributed by atoms with Crippen LogP contribution in [0.25, 0.3) is 0 Å². The van der Waals surface area contributed by atoms with E-state index >= 15 is 0 Å². The molecule has 1 aromatic carbocycles. The summed E-state index contributed by atoms with van der Waals surface area (Å²) in [6, 6.07) is 3.36. The summed E-state index contributed by atoms with van der Waals surface area (Å²) < 4.78 is 50.8. The maximum Gasteiger partial charge on any atom is 0.419 e. The fourth-order valence-electron chi connectivity index (χ4n) is 2.00. The number of hydrogen-bond donors (Lipinski definition) is 1. The van der Waals surface area contributed by atoms with Crippen LogP contribution in [0.3, 0.4) is 0 Å². The van der Waals surface area contributed by atoms with Crippen molar-refractivity contribution in [3.05, 3.63) is 35.1 Å². The molecule has 1 N–H and O–H groups in total. The van der Waals surface area contributed by atoms with Crippen molar-refractivity contribution in [2.45, 2.75) is 46.0 Å². The van der Waals surface area contributed by atoms with Crippen molar-refractivity contribution in [3.8, 4) is 0 Å². The Morgan fingerprint density at radius 1 is 1.21 bits per heavy atom. The molecule has 0 radical (unpaired) electrons. The largest absolute Gasteiger partial charge is 0.419 e. The van der Waals surface area contributed by atoms with Crippen LogP contribution in [0.5, 0.6) is 0 Å². The van der Waals surface area contributed by atoms with Gasteiger partial charge in [0.15, 0.2) is 0 Å². The molecule has 0 amide bonds. The van der Waals surface area contributed by atoms with Crippen LogP contribution in [0.4, 0.5) is 17.6 Å². The molecule has 0 aliphatic heterocycles. The van der Waals surface area contributed by atoms with Gasteiger partial charge in [0.2, 0.25) is 0 Å². The summed E-state index contributed by atoms with van der Waals surface area (Å²) >= 11 is 0. The van der Waals surface area contributed by atoms with E-state index in [1.54, 1.807) is 0 Å². The van der Waals surface area contributed by atoms with Crippen molar-refractivity contribution in [3.63, 3.8) is 0 Å². The predicted molar refractivity (Wildman–Crippen MR) is 67.2 cm³/mol. The maximum atomic E-state index is 13.1. The smallest absolute Gasteiger partial charge is 0.310 e. The van der Waals surface area contributed by atoms with E-state index in [0.29, 0.717) is 18.0 Å². The highest BCUT2D eigenvalue weighted by Gasteiger charge is 2.34. The second kappa shape index (κ2) is 6.37. The fourth-order valence-corrected chi connectivity index (χ4v) is 2.00. The molecule has 1 aromatic rings. The third-order valence-electron chi connectivity index (χ3n) is 3.15. The van der Waals surface area contributed by atoms with Gasteiger partial charge in [-0.25, -0.2) is 4.39 Å². The Balaban J connectivity index is 2.81. The Kier molecular flexibility index (Phi) is 5.35. The molecule has 0 saturated carbocycles. The summed E-state index contributed by atoms with van der Waals surface area (Å²) in [6.45, 7) is 6.42. The van der Waals surface area contributed by atoms with E-state index in [2.05, 4.69) is 5.32 Å². The molecular formula is C14H19F4N. The molecule has 5 heteroatoms. The van der Waals surface area contributed by atoms with Gasteiger partial charge in [-0.3, -0.25) is 0 Å². The van der Waals surface area contributed by atoms with E-state index in [-0.39, 0.29) is 6.04 Å². The third kappa shape index (κ3) is 4.49. The zero-order chi connectivity index (χ0) is 14.6. The van der Waals surface area contributed by atoms with Crippen molar-refractivity contribution in [2.75, 3.05) is 0 Å². The average Bonchev–Trinajstić information content (AvgIpc) is 2.30. The Morgan fingerprint density at radius 3 is 2.32 bits per heavy atom. The van der Waals surface area contributed by atoms with Gasteiger partial charge in [-0.2, -0.15) is 13.2 Å². The van der Waals surface area contributed by atoms with E-state index < -0.39 is 17.6 Å². The first-order valence-electron chi connectivity index (χ1n) is 6.34. The van der Waals surface area contributed by atoms with E-state index in [0.717, 1.165) is 18.6 Å². The minimum atomic E-state index is -4.65. The Hall–Kier alpha value is -1.10. The first-order chi connectivity index (χ1) is 8.75. The molecule has 108 valence electrons. The minimum absolute atomic E-state index is 0.236. The zero-order valence-corrected chi connectivity index (χ0v) is 11.3. The Bertz CT molecular complexity index is 412. The van der Waals surface area contributed by atoms with Crippen LogP contribution in [-0.4, -0.2) is 6.04 Å². The van der Waals surface area contributed by atoms with Gasteiger partial charge in [0, 0.05) is 12.6 Å². The molecule has 19 heavy (non-hydrogen) atoms. The molecule has 1 atom stereocenters. The summed E-state index contributed by atoms with van der Waals surface area (Å²) in [5.74, 6) is -0.834. The van der Waals surface area contributed by atoms with Crippen molar-refractivity contribution in [1.82, 2.24) is 5.32 Å². The summed E-state index contributed by atoms with van der Waals surface area (Å²) in [5, 5.41) is 3.19. The molecule has 0 aromatic heterocycles. The van der Waals surface area contributed by atoms with Gasteiger partial charge < -0.3 is 5.32 Å². The summed E-state index contributed by atoms with van der Waals surface area (Å²) in [4.78, 5) is 0. The lowest BCUT2D eigenvalue weighted by Gasteiger charge is -2.21. The minimum Gasteiger partial charge on any atom is -0.310 e. The van der Waals surface area contributed by atoms with Crippen molar-refractivity contribution >= 4 is 0 Å². The highest BCUT2D eigenvalue weighted by molar-refractivity contribution is 5.27. The summed E-state index contributed by atoms with van der Waals surface area (Å²) in [6.07, 6.45) is -3.76. The number of benzene rings is 1. The molecule has 0 aliphatic rings. The molecule has 0 saturated heterocycles. The van der Waals surface area contributed by atoms with Crippen molar-refractivity contribution in [2.24, 2.45) is 5.92 Å². The molecule has 0 bridgehead atoms. The average molecular weight is 277 g/mol. The number of alkyl halides is 3. The Morgan fingerprint density at radius 2 is 1.84 bits per heavy atom. The van der Waals surface area contributed by atoms with Crippen LogP contribution in [-0.2, 0) is 12.7 Å². The molecule has 0 heterocycles.